The molecule has 6 aliphatic heterocycles. The Morgan fingerprint density at radius 2 is 0.629 bits per heavy atom. The lowest BCUT2D eigenvalue weighted by Gasteiger charge is -2.40. The van der Waals surface area contributed by atoms with E-state index in [9.17, 15) is 19.2 Å². The van der Waals surface area contributed by atoms with Gasteiger partial charge in [0.2, 0.25) is 29.3 Å². The van der Waals surface area contributed by atoms with Crippen LogP contribution in [0.5, 0.6) is 0 Å². The van der Waals surface area contributed by atoms with Crippen LogP contribution in [0, 0.1) is 0 Å². The lowest BCUT2D eigenvalue weighted by molar-refractivity contribution is -0.277. The number of hydrogen-bond acceptors (Lipinski definition) is 15. The minimum atomic E-state index is -1.16. The first-order valence-electron chi connectivity index (χ1n) is 35.8. The van der Waals surface area contributed by atoms with Crippen molar-refractivity contribution < 1.29 is 71.7 Å². The number of carboxylic acid groups (broad SMARTS) is 1. The average molecular weight is 1270 g/mol. The monoisotopic (exact) mass is 1270 g/mol. The van der Waals surface area contributed by atoms with Crippen LogP contribution in [0.25, 0.3) is 0 Å². The maximum absolute atomic E-state index is 12.1. The Balaban J connectivity index is 0.000000245. The van der Waals surface area contributed by atoms with Gasteiger partial charge in [-0.05, 0) is 55.4 Å². The zero-order valence-corrected chi connectivity index (χ0v) is 57.8. The zero-order valence-electron chi connectivity index (χ0n) is 57.8. The number of nitrogens with one attached hydrogen (secondary N) is 3. The molecule has 520 valence electrons. The number of hydrogen-bond donors (Lipinski definition) is 5. The highest BCUT2D eigenvalue weighted by atomic mass is 16.9. The fourth-order valence-corrected chi connectivity index (χ4v) is 13.4. The standard InChI is InChI=1S/2C18H36.C17H28N2O7.C12H21NO5.C5H9NO3/c2*1-2-4-6-8-10-12-14-16-18-17-15-13-11-9-7-5-3-1;1-15(2)23-10-8-22-17(9-19-12(21)7-6-11(20)18-5)14(13(10)24-15)25-16(3,4)26-17;1-10(2)15-7-5-14-12(6-13)9(8(7)16-10)17-11(3,4)18-12;1-6-4(7)2-3-5(8)9/h2*1-18H2;10,13-14H,6-9H2,1-5H3,(H,18,20)(H,19,21);7-9H,5-6,13H2,1-4H3;2-3H2,1H3,(H,6,7)(H,8,9)/t;;10-,13-,14+,17+;7-,8-,9+,12+;/m..11./s1. The molecule has 0 aromatic heterocycles. The molecular weight excluding hydrogens is 1140 g/mol. The van der Waals surface area contributed by atoms with Crippen molar-refractivity contribution in [1.29, 1.82) is 0 Å². The highest BCUT2D eigenvalue weighted by Gasteiger charge is 2.66. The molecule has 8 fully saturated rings. The van der Waals surface area contributed by atoms with E-state index in [0.717, 1.165) is 0 Å². The van der Waals surface area contributed by atoms with E-state index in [2.05, 4.69) is 16.0 Å². The number of aliphatic carboxylic acids is 1. The Morgan fingerprint density at radius 3 is 0.910 bits per heavy atom. The SMILES string of the molecule is C1CCCCCCCCCCCCCCCCC1.C1CCCCCCCCCCCCCCCCC1.CC1(C)O[C@@H]2[C@@H](CO[C@@]3(CN)OC(C)(C)O[C@@H]23)O1.CNC(=O)CCC(=O)NC[C@@]12OC[C@H]3OC(C)(C)O[C@H]3[C@@H]1OC(C)(C)O2.CNC(=O)CCC(=O)O. The van der Waals surface area contributed by atoms with E-state index in [0.29, 0.717) is 6.61 Å². The number of ether oxygens (including phenoxy) is 10. The molecule has 89 heavy (non-hydrogen) atoms. The third-order valence-electron chi connectivity index (χ3n) is 18.1. The molecule has 19 heteroatoms. The molecule has 3 amide bonds. The second-order valence-corrected chi connectivity index (χ2v) is 28.1. The van der Waals surface area contributed by atoms with Crippen molar-refractivity contribution in [2.45, 2.75) is 384 Å². The van der Waals surface area contributed by atoms with Gasteiger partial charge >= 0.3 is 5.97 Å². The van der Waals surface area contributed by atoms with Crippen molar-refractivity contribution in [2.24, 2.45) is 5.73 Å². The van der Waals surface area contributed by atoms with Crippen molar-refractivity contribution in [3.63, 3.8) is 0 Å². The third-order valence-corrected chi connectivity index (χ3v) is 18.1. The van der Waals surface area contributed by atoms with Crippen LogP contribution in [0.15, 0.2) is 0 Å². The van der Waals surface area contributed by atoms with Gasteiger partial charge in [0.15, 0.2) is 23.1 Å². The van der Waals surface area contributed by atoms with Crippen LogP contribution in [0.1, 0.15) is 312 Å². The average Bonchev–Trinajstić information content (AvgIpc) is 1.63. The molecule has 8 rings (SSSR count). The highest BCUT2D eigenvalue weighted by Crippen LogP contribution is 2.49. The van der Waals surface area contributed by atoms with E-state index in [4.69, 9.17) is 58.2 Å². The first-order chi connectivity index (χ1) is 42.5. The summed E-state index contributed by atoms with van der Waals surface area (Å²) in [6, 6.07) is 0. The van der Waals surface area contributed by atoms with E-state index in [-0.39, 0.29) is 93.6 Å². The van der Waals surface area contributed by atoms with Crippen LogP contribution in [-0.2, 0) is 66.5 Å². The van der Waals surface area contributed by atoms with Crippen LogP contribution < -0.4 is 21.7 Å². The van der Waals surface area contributed by atoms with Gasteiger partial charge in [-0.3, -0.25) is 19.2 Å². The lowest BCUT2D eigenvalue weighted by Crippen LogP contribution is -2.62. The van der Waals surface area contributed by atoms with Crippen LogP contribution in [0.2, 0.25) is 0 Å². The molecule has 6 saturated heterocycles. The molecule has 8 atom stereocenters. The number of fused-ring (bicyclic) bond motifs is 6. The van der Waals surface area contributed by atoms with Gasteiger partial charge in [0, 0.05) is 33.4 Å². The van der Waals surface area contributed by atoms with Gasteiger partial charge in [-0.15, -0.1) is 0 Å². The minimum absolute atomic E-state index is 0.0613. The first-order valence-corrected chi connectivity index (χ1v) is 35.8. The van der Waals surface area contributed by atoms with Crippen molar-refractivity contribution in [3.05, 3.63) is 0 Å². The van der Waals surface area contributed by atoms with E-state index in [1.165, 1.54) is 245 Å². The fraction of sp³-hybridized carbons (Fsp3) is 0.943. The van der Waals surface area contributed by atoms with Gasteiger partial charge < -0.3 is 74.2 Å². The van der Waals surface area contributed by atoms with Crippen LogP contribution in [-0.4, -0.2) is 141 Å². The van der Waals surface area contributed by atoms with Gasteiger partial charge in [-0.1, -0.05) is 231 Å². The maximum Gasteiger partial charge on any atom is 0.303 e. The molecular formula is C70H130N4O15. The molecule has 6 heterocycles. The molecule has 8 aliphatic rings. The van der Waals surface area contributed by atoms with Gasteiger partial charge in [0.25, 0.3) is 0 Å². The maximum atomic E-state index is 12.1. The molecule has 2 saturated carbocycles. The minimum Gasteiger partial charge on any atom is -0.481 e. The number of carbonyl (C=O) groups is 4. The number of nitrogens with two attached hydrogens (primary N) is 1. The molecule has 0 aromatic carbocycles. The molecule has 2 aliphatic carbocycles. The summed E-state index contributed by atoms with van der Waals surface area (Å²) < 4.78 is 59.2. The highest BCUT2D eigenvalue weighted by molar-refractivity contribution is 5.83. The Labute approximate surface area is 538 Å². The van der Waals surface area contributed by atoms with Crippen LogP contribution in [0.4, 0.5) is 0 Å². The summed E-state index contributed by atoms with van der Waals surface area (Å²) in [6.45, 7) is 15.7. The van der Waals surface area contributed by atoms with E-state index in [1.807, 2.05) is 41.5 Å². The largest absolute Gasteiger partial charge is 0.481 e. The molecule has 0 spiro atoms. The Morgan fingerprint density at radius 1 is 0.371 bits per heavy atom. The normalized spacial score (nSPS) is 31.2. The number of rotatable bonds is 9. The Hall–Kier alpha value is -2.56. The van der Waals surface area contributed by atoms with E-state index < -0.39 is 46.8 Å². The molecule has 19 nitrogen and oxygen atoms in total. The van der Waals surface area contributed by atoms with Gasteiger partial charge in [0.1, 0.15) is 36.6 Å². The first kappa shape index (κ1) is 78.9. The van der Waals surface area contributed by atoms with Crippen molar-refractivity contribution in [1.82, 2.24) is 16.0 Å². The number of carbonyl (C=O) groups excluding carboxylic acids is 3. The predicted molar refractivity (Wildman–Crippen MR) is 348 cm³/mol. The van der Waals surface area contributed by atoms with Crippen molar-refractivity contribution >= 4 is 23.7 Å². The molecule has 6 N–H and O–H groups in total. The third kappa shape index (κ3) is 31.0. The summed E-state index contributed by atoms with van der Waals surface area (Å²) in [6.07, 6.45) is 52.3. The topological polar surface area (TPSA) is 243 Å². The summed E-state index contributed by atoms with van der Waals surface area (Å²) in [5.41, 5.74) is 5.82. The summed E-state index contributed by atoms with van der Waals surface area (Å²) in [7, 11) is 3.01. The Bertz CT molecular complexity index is 1770. The van der Waals surface area contributed by atoms with Gasteiger partial charge in [0.05, 0.1) is 32.7 Å². The second kappa shape index (κ2) is 42.0. The predicted octanol–water partition coefficient (Wildman–Crippen LogP) is 14.0. The fourth-order valence-electron chi connectivity index (χ4n) is 13.4. The Kier molecular flexibility index (Phi) is 37.2. The summed E-state index contributed by atoms with van der Waals surface area (Å²) >= 11 is 0. The van der Waals surface area contributed by atoms with Crippen LogP contribution >= 0.6 is 0 Å². The van der Waals surface area contributed by atoms with Crippen LogP contribution in [0.3, 0.4) is 0 Å². The molecule has 0 radical (unpaired) electrons. The summed E-state index contributed by atoms with van der Waals surface area (Å²) in [5.74, 6) is -6.68. The van der Waals surface area contributed by atoms with E-state index in [1.54, 1.807) is 13.8 Å². The van der Waals surface area contributed by atoms with E-state index >= 15 is 0 Å². The molecule has 0 unspecified atom stereocenters. The summed E-state index contributed by atoms with van der Waals surface area (Å²) in [5, 5.41) is 15.7. The molecule has 0 bridgehead atoms. The zero-order chi connectivity index (χ0) is 65.1. The molecule has 0 aromatic rings. The second-order valence-electron chi connectivity index (χ2n) is 28.1. The number of amides is 3. The quantitative estimate of drug-likeness (QED) is 0.144. The van der Waals surface area contributed by atoms with Crippen molar-refractivity contribution in [2.75, 3.05) is 40.4 Å². The van der Waals surface area contributed by atoms with Crippen molar-refractivity contribution in [3.8, 4) is 0 Å². The summed E-state index contributed by atoms with van der Waals surface area (Å²) in [4.78, 5) is 43.5. The van der Waals surface area contributed by atoms with Gasteiger partial charge in [-0.2, -0.15) is 0 Å². The lowest BCUT2D eigenvalue weighted by atomic mass is 9.97. The number of carboxylic acids is 1. The van der Waals surface area contributed by atoms with Gasteiger partial charge in [-0.25, -0.2) is 0 Å². The smallest absolute Gasteiger partial charge is 0.303 e.